The number of aliphatic carboxylic acids is 1. The standard InChI is InChI=1S/C13H18O2/c1-5-7-12(6-2)10(3)8-9-11(4)13(14)15/h5-9H,1-4H3,(H,14,15)/b7-5-,10-8+,11-9+,12-6+. The largest absolute Gasteiger partial charge is 0.478 e. The van der Waals surface area contributed by atoms with Crippen molar-refractivity contribution >= 4 is 5.97 Å². The van der Waals surface area contributed by atoms with Gasteiger partial charge in [0, 0.05) is 5.57 Å². The Hall–Kier alpha value is -1.57. The molecule has 0 aliphatic rings. The quantitative estimate of drug-likeness (QED) is 0.564. The SMILES string of the molecule is C\C=C/C(=C\C)C(/C)=C/C=C(\C)C(=O)O. The Morgan fingerprint density at radius 2 is 1.60 bits per heavy atom. The molecule has 0 unspecified atom stereocenters. The monoisotopic (exact) mass is 206 g/mol. The molecule has 0 aromatic rings. The van der Waals surface area contributed by atoms with Gasteiger partial charge < -0.3 is 5.11 Å². The Morgan fingerprint density at radius 3 is 2.00 bits per heavy atom. The van der Waals surface area contributed by atoms with Crippen LogP contribution in [0.15, 0.2) is 47.1 Å². The van der Waals surface area contributed by atoms with Crippen LogP contribution in [0, 0.1) is 0 Å². The minimum atomic E-state index is -0.882. The first-order valence-electron chi connectivity index (χ1n) is 4.90. The zero-order chi connectivity index (χ0) is 11.8. The molecule has 0 bridgehead atoms. The summed E-state index contributed by atoms with van der Waals surface area (Å²) < 4.78 is 0. The molecule has 0 aromatic carbocycles. The van der Waals surface area contributed by atoms with Crippen LogP contribution in [-0.2, 0) is 4.79 Å². The fourth-order valence-corrected chi connectivity index (χ4v) is 1.05. The van der Waals surface area contributed by atoms with Crippen LogP contribution in [0.3, 0.4) is 0 Å². The van der Waals surface area contributed by atoms with Gasteiger partial charge in [-0.05, 0) is 38.8 Å². The highest BCUT2D eigenvalue weighted by Crippen LogP contribution is 2.11. The van der Waals surface area contributed by atoms with Crippen molar-refractivity contribution in [3.63, 3.8) is 0 Å². The van der Waals surface area contributed by atoms with Crippen LogP contribution in [0.2, 0.25) is 0 Å². The van der Waals surface area contributed by atoms with E-state index in [1.165, 1.54) is 0 Å². The van der Waals surface area contributed by atoms with Crippen LogP contribution in [0.4, 0.5) is 0 Å². The third-order valence-corrected chi connectivity index (χ3v) is 2.03. The van der Waals surface area contributed by atoms with Gasteiger partial charge in [0.05, 0.1) is 0 Å². The maximum absolute atomic E-state index is 10.6. The predicted molar refractivity (Wildman–Crippen MR) is 63.7 cm³/mol. The summed E-state index contributed by atoms with van der Waals surface area (Å²) in [4.78, 5) is 10.6. The lowest BCUT2D eigenvalue weighted by Crippen LogP contribution is -1.95. The lowest BCUT2D eigenvalue weighted by atomic mass is 10.1. The van der Waals surface area contributed by atoms with Gasteiger partial charge in [-0.2, -0.15) is 0 Å². The summed E-state index contributed by atoms with van der Waals surface area (Å²) in [7, 11) is 0. The highest BCUT2D eigenvalue weighted by molar-refractivity contribution is 5.86. The molecule has 0 amide bonds. The van der Waals surface area contributed by atoms with Gasteiger partial charge in [0.15, 0.2) is 0 Å². The summed E-state index contributed by atoms with van der Waals surface area (Å²) in [5.74, 6) is -0.882. The van der Waals surface area contributed by atoms with E-state index >= 15 is 0 Å². The van der Waals surface area contributed by atoms with E-state index in [9.17, 15) is 4.79 Å². The van der Waals surface area contributed by atoms with E-state index in [0.717, 1.165) is 11.1 Å². The molecule has 1 N–H and O–H groups in total. The van der Waals surface area contributed by atoms with Crippen molar-refractivity contribution in [2.45, 2.75) is 27.7 Å². The van der Waals surface area contributed by atoms with Gasteiger partial charge in [0.25, 0.3) is 0 Å². The average Bonchev–Trinajstić information content (AvgIpc) is 2.21. The van der Waals surface area contributed by atoms with Crippen molar-refractivity contribution in [1.29, 1.82) is 0 Å². The average molecular weight is 206 g/mol. The van der Waals surface area contributed by atoms with Crippen LogP contribution >= 0.6 is 0 Å². The molecule has 0 saturated carbocycles. The first-order valence-corrected chi connectivity index (χ1v) is 4.90. The number of carbonyl (C=O) groups is 1. The van der Waals surface area contributed by atoms with Crippen molar-refractivity contribution in [3.8, 4) is 0 Å². The second kappa shape index (κ2) is 6.82. The molecule has 0 radical (unpaired) electrons. The summed E-state index contributed by atoms with van der Waals surface area (Å²) >= 11 is 0. The summed E-state index contributed by atoms with van der Waals surface area (Å²) in [5.41, 5.74) is 2.49. The molecule has 0 aliphatic carbocycles. The Bertz CT molecular complexity index is 342. The van der Waals surface area contributed by atoms with E-state index in [4.69, 9.17) is 5.11 Å². The van der Waals surface area contributed by atoms with E-state index in [2.05, 4.69) is 0 Å². The number of carboxylic acids is 1. The smallest absolute Gasteiger partial charge is 0.331 e. The van der Waals surface area contributed by atoms with E-state index in [0.29, 0.717) is 5.57 Å². The van der Waals surface area contributed by atoms with Crippen molar-refractivity contribution in [3.05, 3.63) is 47.1 Å². The topological polar surface area (TPSA) is 37.3 Å². The molecular weight excluding hydrogens is 188 g/mol. The lowest BCUT2D eigenvalue weighted by Gasteiger charge is -2.00. The van der Waals surface area contributed by atoms with E-state index in [-0.39, 0.29) is 0 Å². The van der Waals surface area contributed by atoms with Gasteiger partial charge in [0.1, 0.15) is 0 Å². The molecule has 0 aliphatic heterocycles. The molecule has 0 aromatic heterocycles. The van der Waals surface area contributed by atoms with Crippen LogP contribution in [-0.4, -0.2) is 11.1 Å². The number of rotatable bonds is 4. The van der Waals surface area contributed by atoms with Crippen LogP contribution in [0.25, 0.3) is 0 Å². The zero-order valence-electron chi connectivity index (χ0n) is 9.74. The van der Waals surface area contributed by atoms with Gasteiger partial charge >= 0.3 is 5.97 Å². The highest BCUT2D eigenvalue weighted by Gasteiger charge is 1.97. The van der Waals surface area contributed by atoms with Gasteiger partial charge in [-0.3, -0.25) is 0 Å². The zero-order valence-corrected chi connectivity index (χ0v) is 9.74. The molecule has 0 rings (SSSR count). The molecule has 2 heteroatoms. The maximum Gasteiger partial charge on any atom is 0.331 e. The first-order chi connectivity index (χ1) is 7.02. The Morgan fingerprint density at radius 1 is 1.07 bits per heavy atom. The summed E-state index contributed by atoms with van der Waals surface area (Å²) in [5, 5.41) is 8.67. The number of hydrogen-bond donors (Lipinski definition) is 1. The molecule has 0 saturated heterocycles. The maximum atomic E-state index is 10.6. The lowest BCUT2D eigenvalue weighted by molar-refractivity contribution is -0.132. The minimum absolute atomic E-state index is 0.338. The van der Waals surface area contributed by atoms with E-state index < -0.39 is 5.97 Å². The summed E-state index contributed by atoms with van der Waals surface area (Å²) in [6.45, 7) is 7.45. The van der Waals surface area contributed by atoms with Crippen molar-refractivity contribution in [2.75, 3.05) is 0 Å². The van der Waals surface area contributed by atoms with Gasteiger partial charge in [-0.1, -0.05) is 30.4 Å². The molecule has 0 atom stereocenters. The number of carboxylic acid groups (broad SMARTS) is 1. The Balaban J connectivity index is 4.85. The second-order valence-electron chi connectivity index (χ2n) is 3.25. The van der Waals surface area contributed by atoms with Crippen molar-refractivity contribution < 1.29 is 9.90 Å². The fraction of sp³-hybridized carbons (Fsp3) is 0.308. The molecule has 0 fully saturated rings. The number of hydrogen-bond acceptors (Lipinski definition) is 1. The normalized spacial score (nSPS) is 14.8. The van der Waals surface area contributed by atoms with Crippen molar-refractivity contribution in [2.24, 2.45) is 0 Å². The molecule has 0 heterocycles. The number of allylic oxidation sites excluding steroid dienone is 7. The van der Waals surface area contributed by atoms with Gasteiger partial charge in [-0.15, -0.1) is 0 Å². The fourth-order valence-electron chi connectivity index (χ4n) is 1.05. The highest BCUT2D eigenvalue weighted by atomic mass is 16.4. The summed E-state index contributed by atoms with van der Waals surface area (Å²) in [6.07, 6.45) is 9.38. The summed E-state index contributed by atoms with van der Waals surface area (Å²) in [6, 6.07) is 0. The third-order valence-electron chi connectivity index (χ3n) is 2.03. The molecule has 0 spiro atoms. The minimum Gasteiger partial charge on any atom is -0.478 e. The predicted octanol–water partition coefficient (Wildman–Crippen LogP) is 3.49. The van der Waals surface area contributed by atoms with Crippen LogP contribution < -0.4 is 0 Å². The first kappa shape index (κ1) is 13.4. The van der Waals surface area contributed by atoms with Crippen LogP contribution in [0.5, 0.6) is 0 Å². The van der Waals surface area contributed by atoms with Crippen LogP contribution in [0.1, 0.15) is 27.7 Å². The molecule has 15 heavy (non-hydrogen) atoms. The molecular formula is C13H18O2. The van der Waals surface area contributed by atoms with Gasteiger partial charge in [0.2, 0.25) is 0 Å². The van der Waals surface area contributed by atoms with Gasteiger partial charge in [-0.25, -0.2) is 4.79 Å². The van der Waals surface area contributed by atoms with E-state index in [1.54, 1.807) is 13.0 Å². The third kappa shape index (κ3) is 5.01. The molecule has 82 valence electrons. The molecule has 2 nitrogen and oxygen atoms in total. The Labute approximate surface area is 91.3 Å². The van der Waals surface area contributed by atoms with Crippen molar-refractivity contribution in [1.82, 2.24) is 0 Å². The Kier molecular flexibility index (Phi) is 6.11. The second-order valence-corrected chi connectivity index (χ2v) is 3.25. The van der Waals surface area contributed by atoms with E-state index in [1.807, 2.05) is 45.1 Å².